The summed E-state index contributed by atoms with van der Waals surface area (Å²) in [6.45, 7) is 5.75. The third kappa shape index (κ3) is 2.82. The van der Waals surface area contributed by atoms with E-state index in [1.807, 2.05) is 20.8 Å². The summed E-state index contributed by atoms with van der Waals surface area (Å²) in [6, 6.07) is 2.68. The second kappa shape index (κ2) is 4.78. The van der Waals surface area contributed by atoms with Crippen LogP contribution in [0.5, 0.6) is 5.88 Å². The van der Waals surface area contributed by atoms with E-state index in [1.54, 1.807) is 0 Å². The summed E-state index contributed by atoms with van der Waals surface area (Å²) in [5.41, 5.74) is 5.30. The summed E-state index contributed by atoms with van der Waals surface area (Å²) in [5, 5.41) is 10.7. The predicted octanol–water partition coefficient (Wildman–Crippen LogP) is 2.00. The number of hydrogen-bond donors (Lipinski definition) is 1. The molecule has 0 fully saturated rings. The van der Waals surface area contributed by atoms with Gasteiger partial charge in [0.25, 0.3) is 5.88 Å². The van der Waals surface area contributed by atoms with Gasteiger partial charge in [0.1, 0.15) is 11.9 Å². The molecule has 0 aromatic carbocycles. The van der Waals surface area contributed by atoms with Gasteiger partial charge < -0.3 is 10.5 Å². The van der Waals surface area contributed by atoms with Crippen molar-refractivity contribution in [3.63, 3.8) is 0 Å². The lowest BCUT2D eigenvalue weighted by atomic mass is 10.1. The van der Waals surface area contributed by atoms with Crippen molar-refractivity contribution < 1.29 is 9.66 Å². The minimum absolute atomic E-state index is 0.0220. The summed E-state index contributed by atoms with van der Waals surface area (Å²) >= 11 is 0. The van der Waals surface area contributed by atoms with E-state index in [4.69, 9.17) is 10.5 Å². The number of nitro groups is 1. The Bertz CT molecular complexity index is 393. The van der Waals surface area contributed by atoms with Crippen LogP contribution in [0.1, 0.15) is 20.8 Å². The van der Waals surface area contributed by atoms with E-state index in [9.17, 15) is 10.1 Å². The van der Waals surface area contributed by atoms with Crippen LogP contribution in [0.2, 0.25) is 0 Å². The standard InChI is InChI=1S/C10H15N3O3/c1-6(2)7(3)16-10-8(13(14)15)4-5-9(11)12-10/h4-7H,1-3H3,(H2,11,12). The van der Waals surface area contributed by atoms with Crippen molar-refractivity contribution in [2.45, 2.75) is 26.9 Å². The zero-order valence-electron chi connectivity index (χ0n) is 9.51. The van der Waals surface area contributed by atoms with Crippen LogP contribution < -0.4 is 10.5 Å². The van der Waals surface area contributed by atoms with E-state index in [-0.39, 0.29) is 29.4 Å². The minimum Gasteiger partial charge on any atom is -0.469 e. The smallest absolute Gasteiger partial charge is 0.331 e. The molecule has 1 aromatic heterocycles. The lowest BCUT2D eigenvalue weighted by Crippen LogP contribution is -2.20. The molecular formula is C10H15N3O3. The maximum atomic E-state index is 10.7. The molecule has 0 aliphatic carbocycles. The second-order valence-electron chi connectivity index (χ2n) is 3.88. The van der Waals surface area contributed by atoms with Gasteiger partial charge in [0.05, 0.1) is 4.92 Å². The first-order valence-corrected chi connectivity index (χ1v) is 4.99. The first-order valence-electron chi connectivity index (χ1n) is 4.99. The van der Waals surface area contributed by atoms with Crippen LogP contribution in [0.4, 0.5) is 11.5 Å². The van der Waals surface area contributed by atoms with Gasteiger partial charge in [-0.2, -0.15) is 4.98 Å². The van der Waals surface area contributed by atoms with Crippen LogP contribution in [0.15, 0.2) is 12.1 Å². The Morgan fingerprint density at radius 1 is 1.44 bits per heavy atom. The molecule has 1 heterocycles. The first kappa shape index (κ1) is 12.2. The zero-order chi connectivity index (χ0) is 12.3. The predicted molar refractivity (Wildman–Crippen MR) is 60.2 cm³/mol. The molecule has 0 radical (unpaired) electrons. The van der Waals surface area contributed by atoms with Crippen LogP contribution in [-0.2, 0) is 0 Å². The fraction of sp³-hybridized carbons (Fsp3) is 0.500. The van der Waals surface area contributed by atoms with Crippen molar-refractivity contribution in [2.24, 2.45) is 5.92 Å². The monoisotopic (exact) mass is 225 g/mol. The average molecular weight is 225 g/mol. The van der Waals surface area contributed by atoms with Crippen molar-refractivity contribution in [3.05, 3.63) is 22.2 Å². The Labute approximate surface area is 93.6 Å². The highest BCUT2D eigenvalue weighted by atomic mass is 16.6. The van der Waals surface area contributed by atoms with Gasteiger partial charge >= 0.3 is 5.69 Å². The highest BCUT2D eigenvalue weighted by molar-refractivity contribution is 5.47. The molecule has 0 aliphatic heterocycles. The van der Waals surface area contributed by atoms with Gasteiger partial charge in [0, 0.05) is 6.07 Å². The Morgan fingerprint density at radius 2 is 2.06 bits per heavy atom. The number of pyridine rings is 1. The van der Waals surface area contributed by atoms with Crippen molar-refractivity contribution >= 4 is 11.5 Å². The average Bonchev–Trinajstić information content (AvgIpc) is 2.16. The van der Waals surface area contributed by atoms with Gasteiger partial charge in [-0.25, -0.2) is 0 Å². The van der Waals surface area contributed by atoms with Crippen LogP contribution in [0, 0.1) is 16.0 Å². The summed E-state index contributed by atoms with van der Waals surface area (Å²) in [6.07, 6.45) is -0.159. The van der Waals surface area contributed by atoms with E-state index >= 15 is 0 Å². The summed E-state index contributed by atoms with van der Waals surface area (Å²) in [4.78, 5) is 14.0. The Kier molecular flexibility index (Phi) is 3.65. The Hall–Kier alpha value is -1.85. The highest BCUT2D eigenvalue weighted by Gasteiger charge is 2.20. The normalized spacial score (nSPS) is 12.5. The van der Waals surface area contributed by atoms with Gasteiger partial charge in [-0.1, -0.05) is 13.8 Å². The number of rotatable bonds is 4. The third-order valence-corrected chi connectivity index (χ3v) is 2.29. The van der Waals surface area contributed by atoms with Gasteiger partial charge in [-0.05, 0) is 18.9 Å². The molecule has 6 nitrogen and oxygen atoms in total. The first-order chi connectivity index (χ1) is 7.41. The molecular weight excluding hydrogens is 210 g/mol. The highest BCUT2D eigenvalue weighted by Crippen LogP contribution is 2.27. The second-order valence-corrected chi connectivity index (χ2v) is 3.88. The molecule has 16 heavy (non-hydrogen) atoms. The summed E-state index contributed by atoms with van der Waals surface area (Å²) < 4.78 is 5.42. The number of aromatic nitrogens is 1. The van der Waals surface area contributed by atoms with Crippen LogP contribution >= 0.6 is 0 Å². The van der Waals surface area contributed by atoms with Gasteiger partial charge in [-0.3, -0.25) is 10.1 Å². The molecule has 0 spiro atoms. The number of nitrogens with zero attached hydrogens (tertiary/aromatic N) is 2. The molecule has 1 atom stereocenters. The SMILES string of the molecule is CC(C)C(C)Oc1nc(N)ccc1[N+](=O)[O-]. The van der Waals surface area contributed by atoms with Gasteiger partial charge in [0.2, 0.25) is 0 Å². The molecule has 2 N–H and O–H groups in total. The Balaban J connectivity index is 3.01. The molecule has 1 rings (SSSR count). The van der Waals surface area contributed by atoms with Crippen LogP contribution in [0.3, 0.4) is 0 Å². The molecule has 1 aromatic rings. The fourth-order valence-corrected chi connectivity index (χ4v) is 0.985. The molecule has 0 saturated heterocycles. The molecule has 0 bridgehead atoms. The van der Waals surface area contributed by atoms with Gasteiger partial charge in [0.15, 0.2) is 0 Å². The molecule has 1 unspecified atom stereocenters. The fourth-order valence-electron chi connectivity index (χ4n) is 0.985. The summed E-state index contributed by atoms with van der Waals surface area (Å²) in [7, 11) is 0. The molecule has 0 amide bonds. The molecule has 88 valence electrons. The van der Waals surface area contributed by atoms with E-state index in [0.29, 0.717) is 0 Å². The maximum Gasteiger partial charge on any atom is 0.331 e. The quantitative estimate of drug-likeness (QED) is 0.625. The zero-order valence-corrected chi connectivity index (χ0v) is 9.51. The topological polar surface area (TPSA) is 91.3 Å². The lowest BCUT2D eigenvalue weighted by molar-refractivity contribution is -0.386. The van der Waals surface area contributed by atoms with Gasteiger partial charge in [-0.15, -0.1) is 0 Å². The Morgan fingerprint density at radius 3 is 2.56 bits per heavy atom. The number of hydrogen-bond acceptors (Lipinski definition) is 5. The van der Waals surface area contributed by atoms with Crippen molar-refractivity contribution in [2.75, 3.05) is 5.73 Å². The van der Waals surface area contributed by atoms with Crippen molar-refractivity contribution in [1.29, 1.82) is 0 Å². The number of nitrogens with two attached hydrogens (primary N) is 1. The van der Waals surface area contributed by atoms with E-state index in [0.717, 1.165) is 0 Å². The van der Waals surface area contributed by atoms with E-state index in [2.05, 4.69) is 4.98 Å². The number of nitrogen functional groups attached to an aromatic ring is 1. The minimum atomic E-state index is -0.533. The lowest BCUT2D eigenvalue weighted by Gasteiger charge is -2.17. The van der Waals surface area contributed by atoms with E-state index < -0.39 is 4.92 Å². The maximum absolute atomic E-state index is 10.7. The largest absolute Gasteiger partial charge is 0.469 e. The third-order valence-electron chi connectivity index (χ3n) is 2.29. The van der Waals surface area contributed by atoms with Crippen molar-refractivity contribution in [3.8, 4) is 5.88 Å². The molecule has 0 aliphatic rings. The van der Waals surface area contributed by atoms with E-state index in [1.165, 1.54) is 12.1 Å². The van der Waals surface area contributed by atoms with Crippen LogP contribution in [0.25, 0.3) is 0 Å². The number of ether oxygens (including phenoxy) is 1. The number of anilines is 1. The van der Waals surface area contributed by atoms with Crippen LogP contribution in [-0.4, -0.2) is 16.0 Å². The summed E-state index contributed by atoms with van der Waals surface area (Å²) in [5.74, 6) is 0.422. The molecule has 0 saturated carbocycles. The molecule has 6 heteroatoms. The van der Waals surface area contributed by atoms with Crippen molar-refractivity contribution in [1.82, 2.24) is 4.98 Å².